The molecule has 0 aliphatic rings. The predicted molar refractivity (Wildman–Crippen MR) is 59.1 cm³/mol. The summed E-state index contributed by atoms with van der Waals surface area (Å²) in [7, 11) is 1.79. The number of hydrogen-bond acceptors (Lipinski definition) is 2. The molecule has 2 atom stereocenters. The van der Waals surface area contributed by atoms with E-state index in [0.29, 0.717) is 5.56 Å². The van der Waals surface area contributed by atoms with Gasteiger partial charge in [-0.1, -0.05) is 25.1 Å². The van der Waals surface area contributed by atoms with E-state index in [4.69, 9.17) is 0 Å². The highest BCUT2D eigenvalue weighted by atomic mass is 19.1. The van der Waals surface area contributed by atoms with Crippen LogP contribution in [0.4, 0.5) is 4.39 Å². The van der Waals surface area contributed by atoms with Gasteiger partial charge >= 0.3 is 0 Å². The Bertz CT molecular complexity index is 299. The molecule has 1 aromatic carbocycles. The van der Waals surface area contributed by atoms with Crippen molar-refractivity contribution in [3.05, 3.63) is 35.6 Å². The van der Waals surface area contributed by atoms with E-state index < -0.39 is 0 Å². The fourth-order valence-corrected chi connectivity index (χ4v) is 1.84. The molecule has 0 fully saturated rings. The lowest BCUT2D eigenvalue weighted by Gasteiger charge is -2.24. The Balaban J connectivity index is 2.96. The average Bonchev–Trinajstić information content (AvgIpc) is 2.27. The van der Waals surface area contributed by atoms with Gasteiger partial charge in [0.25, 0.3) is 0 Å². The Hall–Kier alpha value is -0.930. The second-order valence-electron chi connectivity index (χ2n) is 3.64. The van der Waals surface area contributed by atoms with Crippen molar-refractivity contribution in [2.45, 2.75) is 19.4 Å². The number of aliphatic hydroxyl groups is 1. The molecular formula is C12H18FNO. The molecule has 1 rings (SSSR count). The van der Waals surface area contributed by atoms with Gasteiger partial charge in [-0.3, -0.25) is 0 Å². The van der Waals surface area contributed by atoms with Gasteiger partial charge in [-0.2, -0.15) is 0 Å². The van der Waals surface area contributed by atoms with Crippen molar-refractivity contribution >= 4 is 0 Å². The van der Waals surface area contributed by atoms with Crippen LogP contribution in [0.25, 0.3) is 0 Å². The van der Waals surface area contributed by atoms with E-state index >= 15 is 0 Å². The summed E-state index contributed by atoms with van der Waals surface area (Å²) >= 11 is 0. The molecule has 3 heteroatoms. The van der Waals surface area contributed by atoms with E-state index in [1.807, 2.05) is 13.0 Å². The van der Waals surface area contributed by atoms with Crippen LogP contribution >= 0.6 is 0 Å². The van der Waals surface area contributed by atoms with Crippen molar-refractivity contribution in [1.29, 1.82) is 0 Å². The first-order valence-electron chi connectivity index (χ1n) is 5.27. The minimum Gasteiger partial charge on any atom is -0.396 e. The second-order valence-corrected chi connectivity index (χ2v) is 3.64. The molecule has 0 spiro atoms. The van der Waals surface area contributed by atoms with Gasteiger partial charge in [-0.15, -0.1) is 0 Å². The number of hydrogen-bond donors (Lipinski definition) is 2. The van der Waals surface area contributed by atoms with Crippen molar-refractivity contribution in [2.75, 3.05) is 13.7 Å². The highest BCUT2D eigenvalue weighted by Gasteiger charge is 2.21. The van der Waals surface area contributed by atoms with Crippen molar-refractivity contribution < 1.29 is 9.50 Å². The molecule has 0 bridgehead atoms. The zero-order valence-electron chi connectivity index (χ0n) is 9.20. The fourth-order valence-electron chi connectivity index (χ4n) is 1.84. The molecule has 2 N–H and O–H groups in total. The summed E-state index contributed by atoms with van der Waals surface area (Å²) in [6.07, 6.45) is 0.816. The molecule has 0 heterocycles. The van der Waals surface area contributed by atoms with E-state index in [1.165, 1.54) is 6.07 Å². The van der Waals surface area contributed by atoms with E-state index in [2.05, 4.69) is 5.32 Å². The van der Waals surface area contributed by atoms with E-state index in [1.54, 1.807) is 19.2 Å². The molecule has 0 radical (unpaired) electrons. The van der Waals surface area contributed by atoms with Gasteiger partial charge in [0.2, 0.25) is 0 Å². The van der Waals surface area contributed by atoms with Gasteiger partial charge in [0, 0.05) is 24.1 Å². The maximum atomic E-state index is 13.5. The topological polar surface area (TPSA) is 32.3 Å². The molecule has 0 aromatic heterocycles. The van der Waals surface area contributed by atoms with Crippen LogP contribution in [-0.4, -0.2) is 18.8 Å². The van der Waals surface area contributed by atoms with Crippen molar-refractivity contribution in [3.8, 4) is 0 Å². The Morgan fingerprint density at radius 3 is 2.53 bits per heavy atom. The first-order valence-corrected chi connectivity index (χ1v) is 5.27. The molecular weight excluding hydrogens is 193 g/mol. The van der Waals surface area contributed by atoms with Gasteiger partial charge in [0.1, 0.15) is 5.82 Å². The van der Waals surface area contributed by atoms with Gasteiger partial charge in [-0.05, 0) is 19.5 Å². The summed E-state index contributed by atoms with van der Waals surface area (Å²) in [5.41, 5.74) is 0.626. The highest BCUT2D eigenvalue weighted by Crippen LogP contribution is 2.25. The number of aliphatic hydroxyl groups excluding tert-OH is 1. The van der Waals surface area contributed by atoms with Gasteiger partial charge in [0.05, 0.1) is 0 Å². The monoisotopic (exact) mass is 211 g/mol. The van der Waals surface area contributed by atoms with Crippen molar-refractivity contribution in [2.24, 2.45) is 5.92 Å². The summed E-state index contributed by atoms with van der Waals surface area (Å²) in [4.78, 5) is 0. The smallest absolute Gasteiger partial charge is 0.127 e. The summed E-state index contributed by atoms with van der Waals surface area (Å²) in [6.45, 7) is 2.06. The Morgan fingerprint density at radius 1 is 1.40 bits per heavy atom. The minimum absolute atomic E-state index is 0.0481. The summed E-state index contributed by atoms with van der Waals surface area (Å²) in [5.74, 6) is -0.171. The SMILES string of the molecule is CCC(CO)C(NC)c1ccccc1F. The zero-order valence-corrected chi connectivity index (χ0v) is 9.20. The van der Waals surface area contributed by atoms with Crippen LogP contribution in [0.3, 0.4) is 0 Å². The molecule has 15 heavy (non-hydrogen) atoms. The standard InChI is InChI=1S/C12H18FNO/c1-3-9(8-15)12(14-2)10-6-4-5-7-11(10)13/h4-7,9,12,14-15H,3,8H2,1-2H3. The second kappa shape index (κ2) is 5.83. The van der Waals surface area contributed by atoms with Gasteiger partial charge < -0.3 is 10.4 Å². The molecule has 84 valence electrons. The summed E-state index contributed by atoms with van der Waals surface area (Å²) < 4.78 is 13.5. The van der Waals surface area contributed by atoms with Gasteiger partial charge in [-0.25, -0.2) is 4.39 Å². The van der Waals surface area contributed by atoms with E-state index in [-0.39, 0.29) is 24.4 Å². The largest absolute Gasteiger partial charge is 0.396 e. The summed E-state index contributed by atoms with van der Waals surface area (Å²) in [5, 5.41) is 12.3. The molecule has 0 aliphatic carbocycles. The zero-order chi connectivity index (χ0) is 11.3. The van der Waals surface area contributed by atoms with Gasteiger partial charge in [0.15, 0.2) is 0 Å². The lowest BCUT2D eigenvalue weighted by molar-refractivity contribution is 0.187. The van der Waals surface area contributed by atoms with Crippen LogP contribution in [0.1, 0.15) is 24.9 Å². The molecule has 0 saturated carbocycles. The van der Waals surface area contributed by atoms with E-state index in [0.717, 1.165) is 6.42 Å². The van der Waals surface area contributed by atoms with Crippen LogP contribution in [-0.2, 0) is 0 Å². The Morgan fingerprint density at radius 2 is 2.07 bits per heavy atom. The maximum Gasteiger partial charge on any atom is 0.127 e. The Labute approximate surface area is 90.1 Å². The molecule has 1 aromatic rings. The first kappa shape index (κ1) is 12.1. The van der Waals surface area contributed by atoms with Crippen molar-refractivity contribution in [3.63, 3.8) is 0 Å². The lowest BCUT2D eigenvalue weighted by Crippen LogP contribution is -2.28. The van der Waals surface area contributed by atoms with Crippen LogP contribution < -0.4 is 5.32 Å². The Kier molecular flexibility index (Phi) is 4.72. The number of halogens is 1. The highest BCUT2D eigenvalue weighted by molar-refractivity contribution is 5.21. The fraction of sp³-hybridized carbons (Fsp3) is 0.500. The molecule has 2 unspecified atom stereocenters. The molecule has 2 nitrogen and oxygen atoms in total. The third-order valence-electron chi connectivity index (χ3n) is 2.78. The summed E-state index contributed by atoms with van der Waals surface area (Å²) in [6, 6.07) is 6.57. The average molecular weight is 211 g/mol. The molecule has 0 aliphatic heterocycles. The minimum atomic E-state index is -0.219. The quantitative estimate of drug-likeness (QED) is 0.781. The number of rotatable bonds is 5. The van der Waals surface area contributed by atoms with Crippen LogP contribution in [0, 0.1) is 11.7 Å². The first-order chi connectivity index (χ1) is 7.24. The lowest BCUT2D eigenvalue weighted by atomic mass is 9.91. The number of benzene rings is 1. The number of nitrogens with one attached hydrogen (secondary N) is 1. The third-order valence-corrected chi connectivity index (χ3v) is 2.78. The third kappa shape index (κ3) is 2.76. The van der Waals surface area contributed by atoms with Crippen molar-refractivity contribution in [1.82, 2.24) is 5.32 Å². The predicted octanol–water partition coefficient (Wildman–Crippen LogP) is 2.10. The molecule has 0 saturated heterocycles. The van der Waals surface area contributed by atoms with Crippen LogP contribution in [0.5, 0.6) is 0 Å². The van der Waals surface area contributed by atoms with E-state index in [9.17, 15) is 9.50 Å². The maximum absolute atomic E-state index is 13.5. The van der Waals surface area contributed by atoms with Crippen LogP contribution in [0.2, 0.25) is 0 Å². The molecule has 0 amide bonds. The normalized spacial score (nSPS) is 14.9. The van der Waals surface area contributed by atoms with Crippen LogP contribution in [0.15, 0.2) is 24.3 Å².